The van der Waals surface area contributed by atoms with Crippen molar-refractivity contribution >= 4 is 22.8 Å². The van der Waals surface area contributed by atoms with E-state index in [0.717, 1.165) is 5.39 Å². The van der Waals surface area contributed by atoms with Crippen LogP contribution in [0.5, 0.6) is 0 Å². The lowest BCUT2D eigenvalue weighted by Gasteiger charge is -2.15. The largest absolute Gasteiger partial charge is 0.469 e. The molecule has 5 heteroatoms. The van der Waals surface area contributed by atoms with Crippen molar-refractivity contribution in [2.45, 2.75) is 6.92 Å². The highest BCUT2D eigenvalue weighted by Crippen LogP contribution is 2.28. The summed E-state index contributed by atoms with van der Waals surface area (Å²) in [6.07, 6.45) is 1.49. The van der Waals surface area contributed by atoms with Gasteiger partial charge in [-0.2, -0.15) is 0 Å². The van der Waals surface area contributed by atoms with Gasteiger partial charge >= 0.3 is 5.97 Å². The van der Waals surface area contributed by atoms with Crippen molar-refractivity contribution in [1.29, 1.82) is 0 Å². The van der Waals surface area contributed by atoms with E-state index in [0.29, 0.717) is 24.2 Å². The number of carbonyl (C=O) groups excluding carboxylic acids is 2. The number of ether oxygens (including phenoxy) is 1. The second-order valence-electron chi connectivity index (χ2n) is 5.46. The molecule has 0 spiro atoms. The van der Waals surface area contributed by atoms with Crippen molar-refractivity contribution in [3.63, 3.8) is 0 Å². The van der Waals surface area contributed by atoms with Crippen LogP contribution >= 0.6 is 0 Å². The van der Waals surface area contributed by atoms with E-state index in [1.165, 1.54) is 13.4 Å². The Morgan fingerprint density at radius 2 is 2.05 bits per heavy atom. The molecule has 0 bridgehead atoms. The first-order valence-corrected chi connectivity index (χ1v) is 6.95. The summed E-state index contributed by atoms with van der Waals surface area (Å²) in [5.74, 6) is -0.510. The summed E-state index contributed by atoms with van der Waals surface area (Å²) in [7, 11) is 1.38. The van der Waals surface area contributed by atoms with Crippen LogP contribution in [0.2, 0.25) is 0 Å². The Morgan fingerprint density at radius 3 is 2.81 bits per heavy atom. The van der Waals surface area contributed by atoms with Crippen LogP contribution in [0.25, 0.3) is 11.0 Å². The predicted octanol–water partition coefficient (Wildman–Crippen LogP) is 2.31. The molecule has 0 aliphatic carbocycles. The van der Waals surface area contributed by atoms with Gasteiger partial charge in [0.15, 0.2) is 0 Å². The third-order valence-electron chi connectivity index (χ3n) is 4.11. The molecule has 0 N–H and O–H groups in total. The SMILES string of the molecule is COC(=O)C1CN(C(=O)c2coc3ccccc23)CC1C. The van der Waals surface area contributed by atoms with Crippen LogP contribution in [-0.4, -0.2) is 37.0 Å². The molecule has 2 atom stereocenters. The number of hydrogen-bond acceptors (Lipinski definition) is 4. The smallest absolute Gasteiger partial charge is 0.310 e. The number of fused-ring (bicyclic) bond motifs is 1. The molecule has 1 fully saturated rings. The molecule has 5 nitrogen and oxygen atoms in total. The minimum Gasteiger partial charge on any atom is -0.469 e. The number of para-hydroxylation sites is 1. The molecule has 1 aliphatic heterocycles. The van der Waals surface area contributed by atoms with Gasteiger partial charge in [-0.1, -0.05) is 25.1 Å². The molecule has 2 heterocycles. The minimum absolute atomic E-state index is 0.0968. The van der Waals surface area contributed by atoms with E-state index in [2.05, 4.69) is 0 Å². The summed E-state index contributed by atoms with van der Waals surface area (Å²) in [4.78, 5) is 26.0. The first-order valence-electron chi connectivity index (χ1n) is 6.95. The van der Waals surface area contributed by atoms with Gasteiger partial charge in [-0.15, -0.1) is 0 Å². The van der Waals surface area contributed by atoms with Gasteiger partial charge in [0.05, 0.1) is 18.6 Å². The highest BCUT2D eigenvalue weighted by atomic mass is 16.5. The van der Waals surface area contributed by atoms with Gasteiger partial charge in [-0.3, -0.25) is 9.59 Å². The van der Waals surface area contributed by atoms with Crippen molar-refractivity contribution < 1.29 is 18.7 Å². The van der Waals surface area contributed by atoms with Gasteiger partial charge in [-0.25, -0.2) is 0 Å². The zero-order valence-electron chi connectivity index (χ0n) is 12.0. The van der Waals surface area contributed by atoms with Crippen molar-refractivity contribution in [3.8, 4) is 0 Å². The number of rotatable bonds is 2. The lowest BCUT2D eigenvalue weighted by Crippen LogP contribution is -2.30. The number of likely N-dealkylation sites (tertiary alicyclic amines) is 1. The summed E-state index contributed by atoms with van der Waals surface area (Å²) in [5, 5.41) is 0.802. The first kappa shape index (κ1) is 13.7. The highest BCUT2D eigenvalue weighted by Gasteiger charge is 2.38. The molecule has 3 rings (SSSR count). The topological polar surface area (TPSA) is 59.8 Å². The van der Waals surface area contributed by atoms with Crippen LogP contribution in [0.4, 0.5) is 0 Å². The molecule has 1 aromatic heterocycles. The molecule has 2 aromatic rings. The van der Waals surface area contributed by atoms with Crippen LogP contribution in [-0.2, 0) is 9.53 Å². The van der Waals surface area contributed by atoms with E-state index in [4.69, 9.17) is 9.15 Å². The van der Waals surface area contributed by atoms with Gasteiger partial charge in [0.2, 0.25) is 0 Å². The molecule has 2 unspecified atom stereocenters. The number of carbonyl (C=O) groups is 2. The lowest BCUT2D eigenvalue weighted by atomic mass is 9.99. The summed E-state index contributed by atoms with van der Waals surface area (Å²) >= 11 is 0. The summed E-state index contributed by atoms with van der Waals surface area (Å²) in [6, 6.07) is 7.43. The van der Waals surface area contributed by atoms with E-state index in [1.807, 2.05) is 31.2 Å². The van der Waals surface area contributed by atoms with E-state index in [1.54, 1.807) is 4.90 Å². The fourth-order valence-electron chi connectivity index (χ4n) is 2.90. The molecule has 110 valence electrons. The molecule has 1 aliphatic rings. The number of furan rings is 1. The van der Waals surface area contributed by atoms with E-state index >= 15 is 0 Å². The molecule has 1 saturated heterocycles. The predicted molar refractivity (Wildman–Crippen MR) is 76.8 cm³/mol. The Labute approximate surface area is 122 Å². The maximum atomic E-state index is 12.6. The molecule has 1 aromatic carbocycles. The number of esters is 1. The fraction of sp³-hybridized carbons (Fsp3) is 0.375. The summed E-state index contributed by atoms with van der Waals surface area (Å²) in [6.45, 7) is 2.91. The Kier molecular flexibility index (Phi) is 3.41. The van der Waals surface area contributed by atoms with Crippen LogP contribution in [0.15, 0.2) is 34.9 Å². The Bertz CT molecular complexity index is 690. The Balaban J connectivity index is 1.85. The van der Waals surface area contributed by atoms with Crippen molar-refractivity contribution in [3.05, 3.63) is 36.1 Å². The van der Waals surface area contributed by atoms with Gasteiger partial charge in [0, 0.05) is 18.5 Å². The third kappa shape index (κ3) is 2.28. The normalized spacial score (nSPS) is 21.7. The maximum absolute atomic E-state index is 12.6. The number of amides is 1. The van der Waals surface area contributed by atoms with Gasteiger partial charge < -0.3 is 14.1 Å². The second-order valence-corrected chi connectivity index (χ2v) is 5.46. The van der Waals surface area contributed by atoms with Crippen molar-refractivity contribution in [1.82, 2.24) is 4.90 Å². The maximum Gasteiger partial charge on any atom is 0.310 e. The molecular weight excluding hydrogens is 270 g/mol. The van der Waals surface area contributed by atoms with E-state index < -0.39 is 0 Å². The van der Waals surface area contributed by atoms with E-state index in [9.17, 15) is 9.59 Å². The first-order chi connectivity index (χ1) is 10.1. The van der Waals surface area contributed by atoms with Crippen LogP contribution < -0.4 is 0 Å². The van der Waals surface area contributed by atoms with Crippen LogP contribution in [0.1, 0.15) is 17.3 Å². The van der Waals surface area contributed by atoms with Gasteiger partial charge in [0.1, 0.15) is 11.8 Å². The van der Waals surface area contributed by atoms with Gasteiger partial charge in [-0.05, 0) is 12.0 Å². The van der Waals surface area contributed by atoms with Crippen molar-refractivity contribution in [2.75, 3.05) is 20.2 Å². The summed E-state index contributed by atoms with van der Waals surface area (Å²) in [5.41, 5.74) is 1.24. The Morgan fingerprint density at radius 1 is 1.29 bits per heavy atom. The number of nitrogens with zero attached hydrogens (tertiary/aromatic N) is 1. The molecule has 1 amide bonds. The number of benzene rings is 1. The van der Waals surface area contributed by atoms with Crippen molar-refractivity contribution in [2.24, 2.45) is 11.8 Å². The quantitative estimate of drug-likeness (QED) is 0.795. The number of hydrogen-bond donors (Lipinski definition) is 0. The zero-order valence-corrected chi connectivity index (χ0v) is 12.0. The van der Waals surface area contributed by atoms with Crippen LogP contribution in [0.3, 0.4) is 0 Å². The molecule has 0 saturated carbocycles. The fourth-order valence-corrected chi connectivity index (χ4v) is 2.90. The van der Waals surface area contributed by atoms with Crippen LogP contribution in [0, 0.1) is 11.8 Å². The minimum atomic E-state index is -0.255. The second kappa shape index (κ2) is 5.24. The number of methoxy groups -OCH3 is 1. The van der Waals surface area contributed by atoms with E-state index in [-0.39, 0.29) is 23.7 Å². The third-order valence-corrected chi connectivity index (χ3v) is 4.11. The standard InChI is InChI=1S/C16H17NO4/c1-10-7-17(8-12(10)16(19)20-2)15(18)13-9-21-14-6-4-3-5-11(13)14/h3-6,9-10,12H,7-8H2,1-2H3. The average molecular weight is 287 g/mol. The monoisotopic (exact) mass is 287 g/mol. The summed E-state index contributed by atoms with van der Waals surface area (Å²) < 4.78 is 10.2. The molecule has 0 radical (unpaired) electrons. The molecule has 21 heavy (non-hydrogen) atoms. The Hall–Kier alpha value is -2.30. The average Bonchev–Trinajstić information content (AvgIpc) is 3.09. The van der Waals surface area contributed by atoms with Gasteiger partial charge in [0.25, 0.3) is 5.91 Å². The molecular formula is C16H17NO4. The lowest BCUT2D eigenvalue weighted by molar-refractivity contribution is -0.146. The zero-order chi connectivity index (χ0) is 15.0. The highest BCUT2D eigenvalue weighted by molar-refractivity contribution is 6.06.